The lowest BCUT2D eigenvalue weighted by Crippen LogP contribution is -2.03. The predicted molar refractivity (Wildman–Crippen MR) is 107 cm³/mol. The Morgan fingerprint density at radius 3 is 2.45 bits per heavy atom. The number of aryl methyl sites for hydroxylation is 1. The Morgan fingerprint density at radius 1 is 1.17 bits per heavy atom. The van der Waals surface area contributed by atoms with Crippen LogP contribution in [0.3, 0.4) is 0 Å². The summed E-state index contributed by atoms with van der Waals surface area (Å²) in [5, 5.41) is 1.03. The number of carbonyl (C=O) groups excluding carboxylic acids is 1. The van der Waals surface area contributed by atoms with Crippen LogP contribution in [0.5, 0.6) is 5.75 Å². The number of Topliss-reactive ketones (excluding diaryl/α,β-unsaturated/α-hetero) is 1. The lowest BCUT2D eigenvalue weighted by molar-refractivity contribution is -0.137. The Labute approximate surface area is 175 Å². The lowest BCUT2D eigenvalue weighted by Gasteiger charge is -2.08. The molecule has 152 valence electrons. The Bertz CT molecular complexity index is 1030. The number of hydrogen-bond donors (Lipinski definition) is 0. The predicted octanol–water partition coefficient (Wildman–Crippen LogP) is 6.50. The number of halogens is 4. The maximum Gasteiger partial charge on any atom is 0.416 e. The van der Waals surface area contributed by atoms with Crippen molar-refractivity contribution in [3.63, 3.8) is 0 Å². The highest BCUT2D eigenvalue weighted by molar-refractivity contribution is 7.15. The third-order valence-corrected chi connectivity index (χ3v) is 5.64. The van der Waals surface area contributed by atoms with Crippen LogP contribution in [0.1, 0.15) is 28.6 Å². The van der Waals surface area contributed by atoms with Crippen LogP contribution in [0.15, 0.2) is 42.5 Å². The summed E-state index contributed by atoms with van der Waals surface area (Å²) in [7, 11) is 0. The average molecular weight is 440 g/mol. The SMILES string of the molecule is CC(=O)Cc1ccc(OCc2sc(-c3ccc(C(F)(F)F)cc3)nc2C)c(Cl)c1. The summed E-state index contributed by atoms with van der Waals surface area (Å²) in [6.45, 7) is 3.56. The van der Waals surface area contributed by atoms with Gasteiger partial charge >= 0.3 is 6.18 Å². The van der Waals surface area contributed by atoms with E-state index < -0.39 is 11.7 Å². The number of benzene rings is 2. The van der Waals surface area contributed by atoms with Gasteiger partial charge in [0.25, 0.3) is 0 Å². The van der Waals surface area contributed by atoms with Crippen LogP contribution in [-0.2, 0) is 24.0 Å². The van der Waals surface area contributed by atoms with Crippen LogP contribution < -0.4 is 4.74 Å². The molecule has 0 aliphatic rings. The fourth-order valence-electron chi connectivity index (χ4n) is 2.69. The monoisotopic (exact) mass is 439 g/mol. The van der Waals surface area contributed by atoms with Crippen LogP contribution in [0.2, 0.25) is 5.02 Å². The van der Waals surface area contributed by atoms with Gasteiger partial charge in [-0.25, -0.2) is 4.98 Å². The van der Waals surface area contributed by atoms with Crippen molar-refractivity contribution in [2.75, 3.05) is 0 Å². The van der Waals surface area contributed by atoms with Gasteiger partial charge in [-0.2, -0.15) is 13.2 Å². The van der Waals surface area contributed by atoms with E-state index in [0.29, 0.717) is 27.8 Å². The third-order valence-electron chi connectivity index (χ3n) is 4.16. The zero-order valence-electron chi connectivity index (χ0n) is 15.6. The standard InChI is InChI=1S/C21H17ClF3NO2S/c1-12(27)9-14-3-8-18(17(22)10-14)28-11-19-13(2)26-20(29-19)15-4-6-16(7-5-15)21(23,24)25/h3-8,10H,9,11H2,1-2H3. The van der Waals surface area contributed by atoms with Crippen molar-refractivity contribution in [2.24, 2.45) is 0 Å². The molecule has 0 atom stereocenters. The van der Waals surface area contributed by atoms with Gasteiger partial charge in [0.15, 0.2) is 0 Å². The van der Waals surface area contributed by atoms with Crippen LogP contribution >= 0.6 is 22.9 Å². The number of thiazole rings is 1. The van der Waals surface area contributed by atoms with E-state index in [4.69, 9.17) is 16.3 Å². The molecule has 8 heteroatoms. The first-order valence-electron chi connectivity index (χ1n) is 8.68. The maximum absolute atomic E-state index is 12.7. The van der Waals surface area contributed by atoms with E-state index in [2.05, 4.69) is 4.98 Å². The Morgan fingerprint density at radius 2 is 1.86 bits per heavy atom. The maximum atomic E-state index is 12.7. The molecule has 0 saturated heterocycles. The Kier molecular flexibility index (Phi) is 6.29. The second-order valence-electron chi connectivity index (χ2n) is 6.53. The Hall–Kier alpha value is -2.38. The van der Waals surface area contributed by atoms with Gasteiger partial charge in [0, 0.05) is 12.0 Å². The number of ketones is 1. The summed E-state index contributed by atoms with van der Waals surface area (Å²) in [6.07, 6.45) is -4.06. The van der Waals surface area contributed by atoms with Gasteiger partial charge < -0.3 is 4.74 Å². The van der Waals surface area contributed by atoms with Crippen molar-refractivity contribution in [1.82, 2.24) is 4.98 Å². The molecule has 0 aliphatic heterocycles. The number of ether oxygens (including phenoxy) is 1. The van der Waals surface area contributed by atoms with Crippen molar-refractivity contribution in [1.29, 1.82) is 0 Å². The van der Waals surface area contributed by atoms with E-state index in [1.54, 1.807) is 18.2 Å². The van der Waals surface area contributed by atoms with Gasteiger partial charge in [-0.15, -0.1) is 11.3 Å². The minimum atomic E-state index is -4.37. The number of aromatic nitrogens is 1. The normalized spacial score (nSPS) is 11.5. The number of nitrogens with zero attached hydrogens (tertiary/aromatic N) is 1. The minimum Gasteiger partial charge on any atom is -0.486 e. The van der Waals surface area contributed by atoms with Crippen molar-refractivity contribution in [2.45, 2.75) is 33.1 Å². The fraction of sp³-hybridized carbons (Fsp3) is 0.238. The molecule has 0 spiro atoms. The molecule has 2 aromatic carbocycles. The first-order valence-corrected chi connectivity index (χ1v) is 9.87. The van der Waals surface area contributed by atoms with Crippen LogP contribution in [-0.4, -0.2) is 10.8 Å². The van der Waals surface area contributed by atoms with E-state index in [9.17, 15) is 18.0 Å². The van der Waals surface area contributed by atoms with Crippen molar-refractivity contribution in [3.05, 3.63) is 69.2 Å². The van der Waals surface area contributed by atoms with Gasteiger partial charge in [-0.05, 0) is 43.7 Å². The molecule has 3 nitrogen and oxygen atoms in total. The summed E-state index contributed by atoms with van der Waals surface area (Å²) in [6, 6.07) is 10.1. The molecule has 0 unspecified atom stereocenters. The van der Waals surface area contributed by atoms with Crippen molar-refractivity contribution in [3.8, 4) is 16.3 Å². The van der Waals surface area contributed by atoms with E-state index in [-0.39, 0.29) is 12.4 Å². The molecule has 0 amide bonds. The summed E-state index contributed by atoms with van der Waals surface area (Å²) in [5.74, 6) is 0.536. The number of hydrogen-bond acceptors (Lipinski definition) is 4. The van der Waals surface area contributed by atoms with E-state index in [1.165, 1.54) is 30.4 Å². The first-order chi connectivity index (χ1) is 13.6. The van der Waals surface area contributed by atoms with Crippen LogP contribution in [0.25, 0.3) is 10.6 Å². The quantitative estimate of drug-likeness (QED) is 0.440. The Balaban J connectivity index is 1.72. The molecule has 0 fully saturated rings. The van der Waals surface area contributed by atoms with Gasteiger partial charge in [-0.1, -0.05) is 29.8 Å². The molecule has 0 saturated carbocycles. The summed E-state index contributed by atoms with van der Waals surface area (Å²) < 4.78 is 43.9. The second kappa shape index (κ2) is 8.55. The third kappa shape index (κ3) is 5.36. The molecule has 0 N–H and O–H groups in total. The van der Waals surface area contributed by atoms with Crippen LogP contribution in [0, 0.1) is 6.92 Å². The fourth-order valence-corrected chi connectivity index (χ4v) is 3.93. The topological polar surface area (TPSA) is 39.2 Å². The first kappa shape index (κ1) is 21.3. The number of alkyl halides is 3. The smallest absolute Gasteiger partial charge is 0.416 e. The minimum absolute atomic E-state index is 0.0471. The highest BCUT2D eigenvalue weighted by Crippen LogP contribution is 2.34. The number of rotatable bonds is 6. The van der Waals surface area contributed by atoms with Gasteiger partial charge in [-0.3, -0.25) is 4.79 Å². The summed E-state index contributed by atoms with van der Waals surface area (Å²) in [4.78, 5) is 16.5. The van der Waals surface area contributed by atoms with Gasteiger partial charge in [0.2, 0.25) is 0 Å². The molecule has 0 bridgehead atoms. The van der Waals surface area contributed by atoms with E-state index in [0.717, 1.165) is 28.3 Å². The van der Waals surface area contributed by atoms with Gasteiger partial charge in [0.05, 0.1) is 21.2 Å². The van der Waals surface area contributed by atoms with Gasteiger partial charge in [0.1, 0.15) is 23.1 Å². The molecular formula is C21H17ClF3NO2S. The highest BCUT2D eigenvalue weighted by atomic mass is 35.5. The van der Waals surface area contributed by atoms with Crippen molar-refractivity contribution >= 4 is 28.7 Å². The lowest BCUT2D eigenvalue weighted by atomic mass is 10.1. The zero-order chi connectivity index (χ0) is 21.2. The molecule has 1 heterocycles. The molecule has 0 radical (unpaired) electrons. The van der Waals surface area contributed by atoms with Crippen molar-refractivity contribution < 1.29 is 22.7 Å². The zero-order valence-corrected chi connectivity index (χ0v) is 17.2. The molecule has 1 aromatic heterocycles. The molecule has 3 aromatic rings. The largest absolute Gasteiger partial charge is 0.486 e. The summed E-state index contributed by atoms with van der Waals surface area (Å²) in [5.41, 5.74) is 1.48. The molecular weight excluding hydrogens is 423 g/mol. The summed E-state index contributed by atoms with van der Waals surface area (Å²) >= 11 is 7.59. The van der Waals surface area contributed by atoms with E-state index in [1.807, 2.05) is 6.92 Å². The highest BCUT2D eigenvalue weighted by Gasteiger charge is 2.30. The second-order valence-corrected chi connectivity index (χ2v) is 8.03. The number of carbonyl (C=O) groups is 1. The van der Waals surface area contributed by atoms with E-state index >= 15 is 0 Å². The average Bonchev–Trinajstić information content (AvgIpc) is 3.01. The molecule has 29 heavy (non-hydrogen) atoms. The van der Waals surface area contributed by atoms with Crippen LogP contribution in [0.4, 0.5) is 13.2 Å². The molecule has 3 rings (SSSR count). The molecule has 0 aliphatic carbocycles.